The molecule has 2 rings (SSSR count). The summed E-state index contributed by atoms with van der Waals surface area (Å²) in [5, 5.41) is 31.1. The largest absolute Gasteiger partial charge is 0.491 e. The Morgan fingerprint density at radius 2 is 2.17 bits per heavy atom. The van der Waals surface area contributed by atoms with Gasteiger partial charge in [-0.05, 0) is 24.6 Å². The molecule has 1 unspecified atom stereocenters. The number of hydrogen-bond acceptors (Lipinski definition) is 5. The molecular formula is C16H15N3O5. The average molecular weight is 329 g/mol. The van der Waals surface area contributed by atoms with Crippen molar-refractivity contribution in [2.24, 2.45) is 5.92 Å². The predicted octanol–water partition coefficient (Wildman–Crippen LogP) is 1.93. The van der Waals surface area contributed by atoms with Gasteiger partial charge < -0.3 is 14.9 Å². The molecule has 0 saturated heterocycles. The number of hydrogen-bond donors (Lipinski definition) is 2. The molecule has 0 amide bonds. The normalized spacial score (nSPS) is 11.5. The van der Waals surface area contributed by atoms with Gasteiger partial charge in [0.25, 0.3) is 0 Å². The Kier molecular flexibility index (Phi) is 5.16. The number of aromatic carboxylic acids is 1. The van der Waals surface area contributed by atoms with Gasteiger partial charge in [-0.2, -0.15) is 10.4 Å². The van der Waals surface area contributed by atoms with Crippen molar-refractivity contribution in [1.82, 2.24) is 9.78 Å². The van der Waals surface area contributed by atoms with Gasteiger partial charge in [0.2, 0.25) is 0 Å². The molecule has 2 aromatic rings. The highest BCUT2D eigenvalue weighted by Crippen LogP contribution is 2.22. The number of rotatable bonds is 7. The smallest absolute Gasteiger partial charge is 0.338 e. The number of carbonyl (C=O) groups is 2. The highest BCUT2D eigenvalue weighted by molar-refractivity contribution is 5.87. The molecular weight excluding hydrogens is 314 g/mol. The average Bonchev–Trinajstić information content (AvgIpc) is 3.05. The van der Waals surface area contributed by atoms with Crippen LogP contribution >= 0.6 is 0 Å². The van der Waals surface area contributed by atoms with Crippen LogP contribution in [0.5, 0.6) is 5.75 Å². The standard InChI is InChI=1S/C16H15N3O5/c1-2-10(15(20)21)9-24-14-4-3-13(5-11(14)6-17)19-8-12(7-18-19)16(22)23/h3-5,7-8,10H,2,9H2,1H3,(H,20,21)(H,22,23). The summed E-state index contributed by atoms with van der Waals surface area (Å²) in [4.78, 5) is 21.9. The second kappa shape index (κ2) is 7.28. The highest BCUT2D eigenvalue weighted by Gasteiger charge is 2.17. The molecule has 0 fully saturated rings. The highest BCUT2D eigenvalue weighted by atomic mass is 16.5. The van der Waals surface area contributed by atoms with E-state index in [9.17, 15) is 14.9 Å². The van der Waals surface area contributed by atoms with Gasteiger partial charge in [-0.3, -0.25) is 4.79 Å². The predicted molar refractivity (Wildman–Crippen MR) is 82.2 cm³/mol. The van der Waals surface area contributed by atoms with Gasteiger partial charge >= 0.3 is 11.9 Å². The number of ether oxygens (including phenoxy) is 1. The number of nitrogens with zero attached hydrogens (tertiary/aromatic N) is 3. The quantitative estimate of drug-likeness (QED) is 0.795. The zero-order chi connectivity index (χ0) is 17.7. The maximum atomic E-state index is 11.0. The number of benzene rings is 1. The molecule has 0 spiro atoms. The van der Waals surface area contributed by atoms with Crippen molar-refractivity contribution in [3.8, 4) is 17.5 Å². The van der Waals surface area contributed by atoms with E-state index in [1.165, 1.54) is 29.2 Å². The fraction of sp³-hybridized carbons (Fsp3) is 0.250. The molecule has 0 aliphatic rings. The van der Waals surface area contributed by atoms with E-state index in [2.05, 4.69) is 5.10 Å². The van der Waals surface area contributed by atoms with Gasteiger partial charge in [0.05, 0.1) is 28.9 Å². The summed E-state index contributed by atoms with van der Waals surface area (Å²) in [5.41, 5.74) is 0.734. The van der Waals surface area contributed by atoms with Gasteiger partial charge in [-0.1, -0.05) is 6.92 Å². The molecule has 0 aliphatic carbocycles. The summed E-state index contributed by atoms with van der Waals surface area (Å²) in [6.45, 7) is 1.71. The molecule has 0 bridgehead atoms. The van der Waals surface area contributed by atoms with Crippen LogP contribution in [-0.2, 0) is 4.79 Å². The van der Waals surface area contributed by atoms with Crippen molar-refractivity contribution in [3.05, 3.63) is 41.7 Å². The fourth-order valence-corrected chi connectivity index (χ4v) is 2.00. The van der Waals surface area contributed by atoms with Crippen molar-refractivity contribution in [2.75, 3.05) is 6.61 Å². The minimum atomic E-state index is -1.10. The molecule has 2 N–H and O–H groups in total. The van der Waals surface area contributed by atoms with Crippen molar-refractivity contribution in [1.29, 1.82) is 5.26 Å². The first-order chi connectivity index (χ1) is 11.5. The Morgan fingerprint density at radius 1 is 1.42 bits per heavy atom. The van der Waals surface area contributed by atoms with Gasteiger partial charge in [-0.25, -0.2) is 9.48 Å². The molecule has 24 heavy (non-hydrogen) atoms. The third kappa shape index (κ3) is 3.70. The topological polar surface area (TPSA) is 125 Å². The Hall–Kier alpha value is -3.34. The van der Waals surface area contributed by atoms with Gasteiger partial charge in [0.1, 0.15) is 18.4 Å². The summed E-state index contributed by atoms with van der Waals surface area (Å²) < 4.78 is 6.78. The maximum absolute atomic E-state index is 11.0. The Morgan fingerprint density at radius 3 is 2.71 bits per heavy atom. The lowest BCUT2D eigenvalue weighted by atomic mass is 10.1. The van der Waals surface area contributed by atoms with E-state index in [-0.39, 0.29) is 23.5 Å². The second-order valence-corrected chi connectivity index (χ2v) is 5.03. The summed E-state index contributed by atoms with van der Waals surface area (Å²) in [6, 6.07) is 6.61. The van der Waals surface area contributed by atoms with Crippen LogP contribution in [0.2, 0.25) is 0 Å². The monoisotopic (exact) mass is 329 g/mol. The van der Waals surface area contributed by atoms with E-state index in [1.54, 1.807) is 13.0 Å². The van der Waals surface area contributed by atoms with Crippen molar-refractivity contribution < 1.29 is 24.5 Å². The lowest BCUT2D eigenvalue weighted by molar-refractivity contribution is -0.142. The molecule has 1 aromatic heterocycles. The third-order valence-corrected chi connectivity index (χ3v) is 3.46. The van der Waals surface area contributed by atoms with Crippen LogP contribution in [-0.4, -0.2) is 38.5 Å². The first kappa shape index (κ1) is 17.0. The van der Waals surface area contributed by atoms with Crippen LogP contribution in [0.4, 0.5) is 0 Å². The lowest BCUT2D eigenvalue weighted by Crippen LogP contribution is -2.20. The first-order valence-corrected chi connectivity index (χ1v) is 7.14. The third-order valence-electron chi connectivity index (χ3n) is 3.46. The Bertz CT molecular complexity index is 806. The SMILES string of the molecule is CCC(COc1ccc(-n2cc(C(=O)O)cn2)cc1C#N)C(=O)O. The van der Waals surface area contributed by atoms with Crippen molar-refractivity contribution in [3.63, 3.8) is 0 Å². The lowest BCUT2D eigenvalue weighted by Gasteiger charge is -2.13. The number of aliphatic carboxylic acids is 1. The van der Waals surface area contributed by atoms with Crippen molar-refractivity contribution in [2.45, 2.75) is 13.3 Å². The molecule has 8 nitrogen and oxygen atoms in total. The van der Waals surface area contributed by atoms with Crippen LogP contribution in [0.15, 0.2) is 30.6 Å². The van der Waals surface area contributed by atoms with Gasteiger partial charge in [0, 0.05) is 6.20 Å². The number of carboxylic acid groups (broad SMARTS) is 2. The number of carboxylic acids is 2. The minimum Gasteiger partial charge on any atom is -0.491 e. The maximum Gasteiger partial charge on any atom is 0.338 e. The van der Waals surface area contributed by atoms with Gasteiger partial charge in [0.15, 0.2) is 0 Å². The fourth-order valence-electron chi connectivity index (χ4n) is 2.00. The van der Waals surface area contributed by atoms with Crippen LogP contribution in [0.1, 0.15) is 29.3 Å². The molecule has 1 heterocycles. The zero-order valence-electron chi connectivity index (χ0n) is 12.8. The zero-order valence-corrected chi connectivity index (χ0v) is 12.8. The van der Waals surface area contributed by atoms with Crippen LogP contribution in [0.25, 0.3) is 5.69 Å². The molecule has 0 saturated carbocycles. The van der Waals surface area contributed by atoms with E-state index >= 15 is 0 Å². The van der Waals surface area contributed by atoms with Gasteiger partial charge in [-0.15, -0.1) is 0 Å². The van der Waals surface area contributed by atoms with E-state index in [0.29, 0.717) is 12.1 Å². The summed E-state index contributed by atoms with van der Waals surface area (Å²) in [7, 11) is 0. The first-order valence-electron chi connectivity index (χ1n) is 7.14. The summed E-state index contributed by atoms with van der Waals surface area (Å²) in [6.07, 6.45) is 2.95. The summed E-state index contributed by atoms with van der Waals surface area (Å²) >= 11 is 0. The molecule has 0 aliphatic heterocycles. The molecule has 1 atom stereocenters. The van der Waals surface area contributed by atoms with Crippen LogP contribution in [0.3, 0.4) is 0 Å². The van der Waals surface area contributed by atoms with E-state index in [0.717, 1.165) is 0 Å². The number of nitriles is 1. The van der Waals surface area contributed by atoms with E-state index in [1.807, 2.05) is 6.07 Å². The minimum absolute atomic E-state index is 0.0288. The van der Waals surface area contributed by atoms with E-state index < -0.39 is 17.9 Å². The Balaban J connectivity index is 2.22. The number of aromatic nitrogens is 2. The molecule has 1 aromatic carbocycles. The molecule has 124 valence electrons. The van der Waals surface area contributed by atoms with E-state index in [4.69, 9.17) is 14.9 Å². The van der Waals surface area contributed by atoms with Crippen molar-refractivity contribution >= 4 is 11.9 Å². The van der Waals surface area contributed by atoms with Crippen LogP contribution in [0, 0.1) is 17.2 Å². The Labute approximate surface area is 137 Å². The summed E-state index contributed by atoms with van der Waals surface area (Å²) in [5.74, 6) is -2.43. The molecule has 0 radical (unpaired) electrons. The molecule has 8 heteroatoms. The second-order valence-electron chi connectivity index (χ2n) is 5.03. The van der Waals surface area contributed by atoms with Crippen LogP contribution < -0.4 is 4.74 Å².